The molecule has 0 aliphatic rings. The third-order valence-corrected chi connectivity index (χ3v) is 3.62. The first kappa shape index (κ1) is 15.2. The largest absolute Gasteiger partial charge is 0.309 e. The zero-order chi connectivity index (χ0) is 15.4. The molecule has 2 aromatic carbocycles. The minimum absolute atomic E-state index is 0.129. The summed E-state index contributed by atoms with van der Waals surface area (Å²) < 4.78 is 0. The molecule has 0 aliphatic carbocycles. The van der Waals surface area contributed by atoms with Crippen LogP contribution in [0, 0.1) is 30.9 Å². The molecule has 0 radical (unpaired) electrons. The van der Waals surface area contributed by atoms with Gasteiger partial charge < -0.3 is 5.32 Å². The van der Waals surface area contributed by atoms with Gasteiger partial charge in [-0.15, -0.1) is 0 Å². The van der Waals surface area contributed by atoms with Gasteiger partial charge >= 0.3 is 0 Å². The van der Waals surface area contributed by atoms with Gasteiger partial charge in [0.1, 0.15) is 0 Å². The van der Waals surface area contributed by atoms with Crippen molar-refractivity contribution in [1.82, 2.24) is 5.32 Å². The van der Waals surface area contributed by atoms with Gasteiger partial charge in [0.15, 0.2) is 0 Å². The Morgan fingerprint density at radius 1 is 1.00 bits per heavy atom. The summed E-state index contributed by atoms with van der Waals surface area (Å²) in [5.74, 6) is 0. The first-order chi connectivity index (χ1) is 9.97. The zero-order valence-electron chi connectivity index (χ0n) is 12.6. The van der Waals surface area contributed by atoms with Crippen molar-refractivity contribution < 1.29 is 4.92 Å². The lowest BCUT2D eigenvalue weighted by Gasteiger charge is -2.12. The van der Waals surface area contributed by atoms with Crippen LogP contribution in [-0.2, 0) is 13.1 Å². The van der Waals surface area contributed by atoms with E-state index in [2.05, 4.69) is 38.2 Å². The maximum atomic E-state index is 10.6. The fourth-order valence-electron chi connectivity index (χ4n) is 2.56. The van der Waals surface area contributed by atoms with Crippen LogP contribution in [0.3, 0.4) is 0 Å². The fraction of sp³-hybridized carbons (Fsp3) is 0.294. The molecule has 0 bridgehead atoms. The average molecular weight is 284 g/mol. The smallest absolute Gasteiger partial charge is 0.269 e. The second-order valence-corrected chi connectivity index (χ2v) is 5.40. The zero-order valence-corrected chi connectivity index (χ0v) is 12.6. The van der Waals surface area contributed by atoms with Crippen molar-refractivity contribution in [1.29, 1.82) is 0 Å². The van der Waals surface area contributed by atoms with Crippen LogP contribution in [0.25, 0.3) is 0 Å². The summed E-state index contributed by atoms with van der Waals surface area (Å²) in [6.45, 7) is 7.86. The molecule has 0 saturated carbocycles. The van der Waals surface area contributed by atoms with Gasteiger partial charge in [0.25, 0.3) is 5.69 Å². The molecule has 0 amide bonds. The van der Waals surface area contributed by atoms with E-state index < -0.39 is 0 Å². The molecule has 0 aromatic heterocycles. The molecule has 110 valence electrons. The van der Waals surface area contributed by atoms with Crippen molar-refractivity contribution in [3.63, 3.8) is 0 Å². The van der Waals surface area contributed by atoms with Gasteiger partial charge in [-0.3, -0.25) is 10.1 Å². The molecule has 0 saturated heterocycles. The molecule has 0 unspecified atom stereocenters. The number of rotatable bonds is 5. The molecule has 0 aliphatic heterocycles. The Labute approximate surface area is 125 Å². The van der Waals surface area contributed by atoms with Crippen LogP contribution in [-0.4, -0.2) is 4.92 Å². The van der Waals surface area contributed by atoms with Crippen LogP contribution >= 0.6 is 0 Å². The third kappa shape index (κ3) is 3.89. The first-order valence-corrected chi connectivity index (χ1v) is 6.98. The number of non-ortho nitro benzene ring substituents is 1. The fourth-order valence-corrected chi connectivity index (χ4v) is 2.56. The van der Waals surface area contributed by atoms with Gasteiger partial charge in [-0.2, -0.15) is 0 Å². The number of nitrogens with zero attached hydrogens (tertiary/aromatic N) is 1. The van der Waals surface area contributed by atoms with E-state index in [-0.39, 0.29) is 10.6 Å². The van der Waals surface area contributed by atoms with Crippen LogP contribution in [0.1, 0.15) is 27.8 Å². The molecule has 0 fully saturated rings. The van der Waals surface area contributed by atoms with E-state index in [1.807, 2.05) is 0 Å². The molecule has 0 spiro atoms. The molecule has 21 heavy (non-hydrogen) atoms. The first-order valence-electron chi connectivity index (χ1n) is 6.98. The number of benzene rings is 2. The lowest BCUT2D eigenvalue weighted by atomic mass is 10.00. The highest BCUT2D eigenvalue weighted by Gasteiger charge is 2.05. The van der Waals surface area contributed by atoms with Gasteiger partial charge in [-0.05, 0) is 43.0 Å². The second-order valence-electron chi connectivity index (χ2n) is 5.40. The van der Waals surface area contributed by atoms with E-state index in [1.165, 1.54) is 22.3 Å². The lowest BCUT2D eigenvalue weighted by Crippen LogP contribution is -2.14. The molecular formula is C17H20N2O2. The quantitative estimate of drug-likeness (QED) is 0.671. The maximum absolute atomic E-state index is 10.6. The maximum Gasteiger partial charge on any atom is 0.269 e. The standard InChI is InChI=1S/C17H20N2O2/c1-12-8-13(2)17(14(3)9-12)11-18-10-15-4-6-16(7-5-15)19(20)21/h4-9,18H,10-11H2,1-3H3. The number of nitro benzene ring substituents is 1. The predicted molar refractivity (Wildman–Crippen MR) is 84.3 cm³/mol. The highest BCUT2D eigenvalue weighted by atomic mass is 16.6. The van der Waals surface area contributed by atoms with Crippen LogP contribution in [0.4, 0.5) is 5.69 Å². The van der Waals surface area contributed by atoms with Gasteiger partial charge in [0.05, 0.1) is 4.92 Å². The van der Waals surface area contributed by atoms with Gasteiger partial charge in [-0.1, -0.05) is 29.8 Å². The minimum atomic E-state index is -0.379. The van der Waals surface area contributed by atoms with Crippen LogP contribution in [0.15, 0.2) is 36.4 Å². The molecule has 4 heteroatoms. The summed E-state index contributed by atoms with van der Waals surface area (Å²) in [6, 6.07) is 11.0. The number of aryl methyl sites for hydroxylation is 3. The van der Waals surface area contributed by atoms with E-state index in [9.17, 15) is 10.1 Å². The Balaban J connectivity index is 1.97. The van der Waals surface area contributed by atoms with Crippen molar-refractivity contribution >= 4 is 5.69 Å². The highest BCUT2D eigenvalue weighted by Crippen LogP contribution is 2.16. The summed E-state index contributed by atoms with van der Waals surface area (Å²) in [5.41, 5.74) is 6.37. The van der Waals surface area contributed by atoms with E-state index in [1.54, 1.807) is 24.3 Å². The average Bonchev–Trinajstić information content (AvgIpc) is 2.42. The van der Waals surface area contributed by atoms with Crippen LogP contribution < -0.4 is 5.32 Å². The Bertz CT molecular complexity index is 625. The van der Waals surface area contributed by atoms with Crippen LogP contribution in [0.2, 0.25) is 0 Å². The van der Waals surface area contributed by atoms with Crippen molar-refractivity contribution in [3.8, 4) is 0 Å². The monoisotopic (exact) mass is 284 g/mol. The van der Waals surface area contributed by atoms with Crippen molar-refractivity contribution in [3.05, 3.63) is 74.3 Å². The van der Waals surface area contributed by atoms with E-state index in [0.29, 0.717) is 6.54 Å². The molecule has 0 heterocycles. The molecule has 2 rings (SSSR count). The summed E-state index contributed by atoms with van der Waals surface area (Å²) in [6.07, 6.45) is 0. The number of nitrogens with one attached hydrogen (secondary N) is 1. The summed E-state index contributed by atoms with van der Waals surface area (Å²) in [7, 11) is 0. The lowest BCUT2D eigenvalue weighted by molar-refractivity contribution is -0.384. The highest BCUT2D eigenvalue weighted by molar-refractivity contribution is 5.37. The third-order valence-electron chi connectivity index (χ3n) is 3.62. The topological polar surface area (TPSA) is 55.2 Å². The molecule has 4 nitrogen and oxygen atoms in total. The Kier molecular flexibility index (Phi) is 4.70. The molecular weight excluding hydrogens is 264 g/mol. The predicted octanol–water partition coefficient (Wildman–Crippen LogP) is 3.81. The molecule has 1 N–H and O–H groups in total. The second kappa shape index (κ2) is 6.50. The normalized spacial score (nSPS) is 10.6. The van der Waals surface area contributed by atoms with E-state index >= 15 is 0 Å². The summed E-state index contributed by atoms with van der Waals surface area (Å²) in [5, 5.41) is 14.0. The SMILES string of the molecule is Cc1cc(C)c(CNCc2ccc([N+](=O)[O-])cc2)c(C)c1. The van der Waals surface area contributed by atoms with Crippen molar-refractivity contribution in [2.24, 2.45) is 0 Å². The number of hydrogen-bond acceptors (Lipinski definition) is 3. The van der Waals surface area contributed by atoms with Gasteiger partial charge in [0.2, 0.25) is 0 Å². The summed E-state index contributed by atoms with van der Waals surface area (Å²) in [4.78, 5) is 10.2. The molecule has 0 atom stereocenters. The number of hydrogen-bond donors (Lipinski definition) is 1. The minimum Gasteiger partial charge on any atom is -0.309 e. The Morgan fingerprint density at radius 3 is 2.10 bits per heavy atom. The van der Waals surface area contributed by atoms with Crippen LogP contribution in [0.5, 0.6) is 0 Å². The Morgan fingerprint density at radius 2 is 1.57 bits per heavy atom. The Hall–Kier alpha value is -2.20. The van der Waals surface area contributed by atoms with Crippen molar-refractivity contribution in [2.75, 3.05) is 0 Å². The van der Waals surface area contributed by atoms with E-state index in [0.717, 1.165) is 12.1 Å². The van der Waals surface area contributed by atoms with Gasteiger partial charge in [0, 0.05) is 25.2 Å². The van der Waals surface area contributed by atoms with Crippen molar-refractivity contribution in [2.45, 2.75) is 33.9 Å². The molecule has 2 aromatic rings. The van der Waals surface area contributed by atoms with E-state index in [4.69, 9.17) is 0 Å². The number of nitro groups is 1. The summed E-state index contributed by atoms with van der Waals surface area (Å²) >= 11 is 0. The van der Waals surface area contributed by atoms with Gasteiger partial charge in [-0.25, -0.2) is 0 Å².